The fraction of sp³-hybridized carbons (Fsp3) is 0.444. The Morgan fingerprint density at radius 1 is 1.05 bits per heavy atom. The lowest BCUT2D eigenvalue weighted by atomic mass is 9.72. The molecule has 4 aromatic heterocycles. The molecule has 1 aliphatic carbocycles. The molecule has 40 heavy (non-hydrogen) atoms. The van der Waals surface area contributed by atoms with Crippen LogP contribution in [-0.2, 0) is 6.18 Å². The highest BCUT2D eigenvalue weighted by Gasteiger charge is 2.38. The van der Waals surface area contributed by atoms with Crippen LogP contribution in [0.2, 0.25) is 19.6 Å². The molecule has 0 saturated heterocycles. The van der Waals surface area contributed by atoms with Crippen LogP contribution >= 0.6 is 0 Å². The van der Waals surface area contributed by atoms with Gasteiger partial charge in [-0.1, -0.05) is 32.6 Å². The van der Waals surface area contributed by atoms with Gasteiger partial charge in [-0.15, -0.1) is 0 Å². The average molecular weight is 567 g/mol. The number of aromatic nitrogens is 7. The first-order valence-electron chi connectivity index (χ1n) is 13.1. The Balaban J connectivity index is 1.49. The lowest BCUT2D eigenvalue weighted by Crippen LogP contribution is -2.30. The number of aromatic amines is 1. The second-order valence-electron chi connectivity index (χ2n) is 11.5. The molecule has 9 nitrogen and oxygen atoms in total. The molecule has 0 aliphatic heterocycles. The zero-order valence-corrected chi connectivity index (χ0v) is 23.8. The van der Waals surface area contributed by atoms with E-state index in [4.69, 9.17) is 4.98 Å². The molecule has 4 atom stereocenters. The van der Waals surface area contributed by atoms with Crippen LogP contribution in [0.4, 0.5) is 13.2 Å². The highest BCUT2D eigenvalue weighted by molar-refractivity contribution is 6.77. The van der Waals surface area contributed by atoms with E-state index in [-0.39, 0.29) is 28.6 Å². The summed E-state index contributed by atoms with van der Waals surface area (Å²) in [5.41, 5.74) is 0.530. The van der Waals surface area contributed by atoms with Crippen LogP contribution in [0.25, 0.3) is 11.0 Å². The number of fused-ring (bicyclic) bond motifs is 1. The summed E-state index contributed by atoms with van der Waals surface area (Å²) in [6, 6.07) is 3.49. The molecule has 4 aromatic rings. The highest BCUT2D eigenvalue weighted by atomic mass is 28.3. The third kappa shape index (κ3) is 4.92. The van der Waals surface area contributed by atoms with E-state index in [0.29, 0.717) is 22.8 Å². The smallest absolute Gasteiger partial charge is 0.310 e. The topological polar surface area (TPSA) is 126 Å². The van der Waals surface area contributed by atoms with Gasteiger partial charge in [-0.2, -0.15) is 23.5 Å². The van der Waals surface area contributed by atoms with Gasteiger partial charge in [0, 0.05) is 30.4 Å². The first-order valence-corrected chi connectivity index (χ1v) is 16.6. The maximum Gasteiger partial charge on any atom is 0.433 e. The van der Waals surface area contributed by atoms with Crippen molar-refractivity contribution in [2.75, 3.05) is 0 Å². The summed E-state index contributed by atoms with van der Waals surface area (Å²) >= 11 is 0. The standard InChI is InChI=1S/C27H29F3N8OSi/c1-14(16-6-9-21(32-11-16)27(28,29)30)38-25-22(20(10-31)37-38)26(39)36-24(35-25)19-8-7-18(19)23-33-12-17(13-34-23)15(2)40(3,4)5/h6,9,11-15,18-19H,7-8H2,1-5H3,(H,35,36,39). The van der Waals surface area contributed by atoms with Crippen molar-refractivity contribution in [2.24, 2.45) is 0 Å². The van der Waals surface area contributed by atoms with Gasteiger partial charge in [0.05, 0.1) is 14.1 Å². The number of alkyl halides is 3. The molecule has 0 bridgehead atoms. The quantitative estimate of drug-likeness (QED) is 0.308. The zero-order valence-electron chi connectivity index (χ0n) is 22.8. The summed E-state index contributed by atoms with van der Waals surface area (Å²) in [5.74, 6) is 0.982. The second-order valence-corrected chi connectivity index (χ2v) is 17.1. The van der Waals surface area contributed by atoms with E-state index in [1.165, 1.54) is 10.7 Å². The van der Waals surface area contributed by atoms with Crippen LogP contribution in [-0.4, -0.2) is 42.8 Å². The van der Waals surface area contributed by atoms with Crippen LogP contribution in [0.5, 0.6) is 0 Å². The predicted octanol–water partition coefficient (Wildman–Crippen LogP) is 5.45. The number of H-pyrrole nitrogens is 1. The van der Waals surface area contributed by atoms with Gasteiger partial charge in [0.2, 0.25) is 0 Å². The van der Waals surface area contributed by atoms with Crippen molar-refractivity contribution in [3.8, 4) is 6.07 Å². The van der Waals surface area contributed by atoms with Crippen molar-refractivity contribution in [1.29, 1.82) is 5.26 Å². The Morgan fingerprint density at radius 2 is 1.70 bits per heavy atom. The molecule has 0 aromatic carbocycles. The van der Waals surface area contributed by atoms with E-state index in [0.717, 1.165) is 30.7 Å². The number of nitrogens with one attached hydrogen (secondary N) is 1. The van der Waals surface area contributed by atoms with E-state index < -0.39 is 31.5 Å². The molecule has 4 heterocycles. The van der Waals surface area contributed by atoms with Gasteiger partial charge in [-0.05, 0) is 42.5 Å². The molecule has 0 spiro atoms. The van der Waals surface area contributed by atoms with Crippen LogP contribution in [0.3, 0.4) is 0 Å². The highest BCUT2D eigenvalue weighted by Crippen LogP contribution is 2.47. The molecule has 4 unspecified atom stereocenters. The van der Waals surface area contributed by atoms with Crippen molar-refractivity contribution in [2.45, 2.75) is 75.9 Å². The monoisotopic (exact) mass is 566 g/mol. The number of hydrogen-bond donors (Lipinski definition) is 1. The van der Waals surface area contributed by atoms with Crippen LogP contribution < -0.4 is 5.56 Å². The van der Waals surface area contributed by atoms with Gasteiger partial charge in [0.15, 0.2) is 11.3 Å². The van der Waals surface area contributed by atoms with Gasteiger partial charge in [-0.25, -0.2) is 19.6 Å². The van der Waals surface area contributed by atoms with Crippen molar-refractivity contribution >= 4 is 19.1 Å². The van der Waals surface area contributed by atoms with Gasteiger partial charge in [0.25, 0.3) is 5.56 Å². The third-order valence-corrected chi connectivity index (χ3v) is 11.0. The minimum Gasteiger partial charge on any atom is -0.310 e. The number of rotatable bonds is 6. The SMILES string of the molecule is CC(c1ccc(C(F)(F)F)nc1)n1nc(C#N)c2c(=O)[nH]c(C3CCC3c3ncc(C(C)[Si](C)(C)C)cn3)nc21. The molecule has 0 radical (unpaired) electrons. The maximum atomic E-state index is 13.1. The van der Waals surface area contributed by atoms with Crippen LogP contribution in [0.15, 0.2) is 35.5 Å². The predicted molar refractivity (Wildman–Crippen MR) is 144 cm³/mol. The third-order valence-electron chi connectivity index (χ3n) is 8.06. The lowest BCUT2D eigenvalue weighted by molar-refractivity contribution is -0.141. The fourth-order valence-electron chi connectivity index (χ4n) is 4.95. The summed E-state index contributed by atoms with van der Waals surface area (Å²) in [7, 11) is -1.41. The Morgan fingerprint density at radius 3 is 2.23 bits per heavy atom. The van der Waals surface area contributed by atoms with Gasteiger partial charge < -0.3 is 4.98 Å². The molecule has 0 amide bonds. The largest absolute Gasteiger partial charge is 0.433 e. The normalized spacial score (nSPS) is 19.2. The van der Waals surface area contributed by atoms with E-state index in [9.17, 15) is 23.2 Å². The van der Waals surface area contributed by atoms with E-state index in [1.54, 1.807) is 6.92 Å². The second kappa shape index (κ2) is 9.92. The number of hydrogen-bond acceptors (Lipinski definition) is 7. The van der Waals surface area contributed by atoms with E-state index in [1.807, 2.05) is 18.5 Å². The minimum atomic E-state index is -4.56. The molecule has 1 fully saturated rings. The Kier molecular flexibility index (Phi) is 6.85. The summed E-state index contributed by atoms with van der Waals surface area (Å²) in [6.07, 6.45) is 1.96. The number of halogens is 3. The van der Waals surface area contributed by atoms with Crippen molar-refractivity contribution in [3.05, 3.63) is 75.2 Å². The molecule has 1 N–H and O–H groups in total. The van der Waals surface area contributed by atoms with Crippen LogP contribution in [0.1, 0.15) is 84.3 Å². The molecule has 1 saturated carbocycles. The Hall–Kier alpha value is -3.92. The minimum absolute atomic E-state index is 0.0276. The molecule has 208 valence electrons. The molecule has 13 heteroatoms. The Labute approximate surface area is 229 Å². The molecule has 5 rings (SSSR count). The molecular weight excluding hydrogens is 537 g/mol. The summed E-state index contributed by atoms with van der Waals surface area (Å²) < 4.78 is 40.4. The average Bonchev–Trinajstić information content (AvgIpc) is 3.26. The van der Waals surface area contributed by atoms with E-state index >= 15 is 0 Å². The lowest BCUT2D eigenvalue weighted by Gasteiger charge is -2.34. The van der Waals surface area contributed by atoms with Crippen molar-refractivity contribution in [1.82, 2.24) is 34.7 Å². The first kappa shape index (κ1) is 27.6. The number of pyridine rings is 1. The first-order chi connectivity index (χ1) is 18.8. The van der Waals surface area contributed by atoms with Crippen LogP contribution in [0, 0.1) is 11.3 Å². The Bertz CT molecular complexity index is 1650. The van der Waals surface area contributed by atoms with Gasteiger partial charge in [0.1, 0.15) is 28.8 Å². The van der Waals surface area contributed by atoms with E-state index in [2.05, 4.69) is 51.6 Å². The molecule has 1 aliphatic rings. The van der Waals surface area contributed by atoms with Gasteiger partial charge in [-0.3, -0.25) is 9.78 Å². The number of nitriles is 1. The molecular formula is C27H29F3N8OSi. The summed E-state index contributed by atoms with van der Waals surface area (Å²) in [4.78, 5) is 33.6. The number of nitrogens with zero attached hydrogens (tertiary/aromatic N) is 7. The maximum absolute atomic E-state index is 13.1. The fourth-order valence-corrected chi connectivity index (χ4v) is 6.10. The van der Waals surface area contributed by atoms with Gasteiger partial charge >= 0.3 is 6.18 Å². The summed E-state index contributed by atoms with van der Waals surface area (Å²) in [6.45, 7) is 10.8. The zero-order chi connectivity index (χ0) is 29.0. The van der Waals surface area contributed by atoms with Crippen molar-refractivity contribution in [3.63, 3.8) is 0 Å². The van der Waals surface area contributed by atoms with Crippen molar-refractivity contribution < 1.29 is 13.2 Å². The summed E-state index contributed by atoms with van der Waals surface area (Å²) in [5, 5.41) is 14.0.